The maximum Gasteiger partial charge on any atom is 0.226 e. The van der Waals surface area contributed by atoms with Crippen molar-refractivity contribution in [3.05, 3.63) is 24.3 Å². The lowest BCUT2D eigenvalue weighted by atomic mass is 10.2. The molecule has 0 spiro atoms. The molecular weight excluding hydrogens is 273 g/mol. The van der Waals surface area contributed by atoms with Crippen LogP contribution in [0.4, 0.5) is 10.1 Å². The maximum atomic E-state index is 13.3. The van der Waals surface area contributed by atoms with Crippen molar-refractivity contribution in [1.29, 1.82) is 0 Å². The highest BCUT2D eigenvalue weighted by atomic mass is 32.2. The Balaban J connectivity index is 1.93. The van der Waals surface area contributed by atoms with E-state index in [2.05, 4.69) is 15.6 Å². The first-order valence-corrected chi connectivity index (χ1v) is 7.61. The van der Waals surface area contributed by atoms with Gasteiger partial charge in [-0.1, -0.05) is 0 Å². The second-order valence-corrected chi connectivity index (χ2v) is 6.60. The molecule has 8 heteroatoms. The largest absolute Gasteiger partial charge is 0.323 e. The van der Waals surface area contributed by atoms with Crippen molar-refractivity contribution in [3.8, 4) is 0 Å². The minimum absolute atomic E-state index is 0.0129. The molecule has 2 N–H and O–H groups in total. The topological polar surface area (TPSA) is 88.2 Å². The van der Waals surface area contributed by atoms with Crippen LogP contribution in [0.25, 0.3) is 0 Å². The molecule has 2 heterocycles. The van der Waals surface area contributed by atoms with Crippen LogP contribution < -0.4 is 10.6 Å². The zero-order chi connectivity index (χ0) is 13.9. The molecule has 0 radical (unpaired) electrons. The molecule has 1 saturated heterocycles. The molecule has 1 fully saturated rings. The molecular formula is C11H14FN3O3S. The molecule has 0 aliphatic carbocycles. The average Bonchev–Trinajstić information content (AvgIpc) is 2.30. The van der Waals surface area contributed by atoms with E-state index in [9.17, 15) is 17.6 Å². The summed E-state index contributed by atoms with van der Waals surface area (Å²) in [7, 11) is -3.09. The van der Waals surface area contributed by atoms with Gasteiger partial charge in [0, 0.05) is 25.2 Å². The van der Waals surface area contributed by atoms with Crippen LogP contribution in [0.2, 0.25) is 0 Å². The Morgan fingerprint density at radius 2 is 2.37 bits per heavy atom. The molecule has 0 bridgehead atoms. The van der Waals surface area contributed by atoms with E-state index in [1.807, 2.05) is 0 Å². The molecule has 6 nitrogen and oxygen atoms in total. The number of amides is 1. The fourth-order valence-electron chi connectivity index (χ4n) is 1.90. The number of nitrogens with one attached hydrogen (secondary N) is 2. The zero-order valence-electron chi connectivity index (χ0n) is 10.1. The van der Waals surface area contributed by atoms with Gasteiger partial charge in [-0.05, 0) is 6.07 Å². The van der Waals surface area contributed by atoms with Crippen molar-refractivity contribution in [2.75, 3.05) is 23.4 Å². The van der Waals surface area contributed by atoms with Crippen LogP contribution in [0.5, 0.6) is 0 Å². The van der Waals surface area contributed by atoms with Crippen LogP contribution in [-0.4, -0.2) is 43.4 Å². The molecule has 1 amide bonds. The highest BCUT2D eigenvalue weighted by Gasteiger charge is 2.26. The zero-order valence-corrected chi connectivity index (χ0v) is 10.9. The lowest BCUT2D eigenvalue weighted by Crippen LogP contribution is -2.46. The molecule has 1 atom stereocenters. The van der Waals surface area contributed by atoms with Gasteiger partial charge in [0.15, 0.2) is 15.7 Å². The highest BCUT2D eigenvalue weighted by molar-refractivity contribution is 7.91. The van der Waals surface area contributed by atoms with Crippen molar-refractivity contribution in [1.82, 2.24) is 10.3 Å². The molecule has 19 heavy (non-hydrogen) atoms. The highest BCUT2D eigenvalue weighted by Crippen LogP contribution is 2.12. The Kier molecular flexibility index (Phi) is 4.11. The van der Waals surface area contributed by atoms with Gasteiger partial charge in [-0.25, -0.2) is 12.8 Å². The van der Waals surface area contributed by atoms with Gasteiger partial charge in [0.05, 0.1) is 23.4 Å². The minimum atomic E-state index is -3.09. The number of carbonyl (C=O) groups is 1. The van der Waals surface area contributed by atoms with E-state index >= 15 is 0 Å². The molecule has 1 aromatic rings. The van der Waals surface area contributed by atoms with Crippen LogP contribution in [0.1, 0.15) is 6.42 Å². The molecule has 1 aromatic heterocycles. The Hall–Kier alpha value is -1.54. The standard InChI is InChI=1S/C11H14FN3O3S/c12-9-6-13-2-1-10(9)15-11(16)5-8-7-19(17,18)4-3-14-8/h1-2,6,8,14H,3-5,7H2,(H,13,15,16). The minimum Gasteiger partial charge on any atom is -0.323 e. The van der Waals surface area contributed by atoms with Gasteiger partial charge >= 0.3 is 0 Å². The van der Waals surface area contributed by atoms with Crippen LogP contribution in [-0.2, 0) is 14.6 Å². The number of hydrogen-bond acceptors (Lipinski definition) is 5. The second kappa shape index (κ2) is 5.62. The molecule has 1 unspecified atom stereocenters. The number of nitrogens with zero attached hydrogens (tertiary/aromatic N) is 1. The van der Waals surface area contributed by atoms with Crippen molar-refractivity contribution < 1.29 is 17.6 Å². The Morgan fingerprint density at radius 3 is 3.05 bits per heavy atom. The van der Waals surface area contributed by atoms with Gasteiger partial charge in [0.1, 0.15) is 0 Å². The number of hydrogen-bond donors (Lipinski definition) is 2. The first-order chi connectivity index (χ1) is 8.96. The summed E-state index contributed by atoms with van der Waals surface area (Å²) in [6, 6.07) is 0.918. The lowest BCUT2D eigenvalue weighted by Gasteiger charge is -2.23. The third-order valence-corrected chi connectivity index (χ3v) is 4.52. The van der Waals surface area contributed by atoms with Crippen molar-refractivity contribution >= 4 is 21.4 Å². The number of rotatable bonds is 3. The summed E-state index contributed by atoms with van der Waals surface area (Å²) < 4.78 is 36.1. The lowest BCUT2D eigenvalue weighted by molar-refractivity contribution is -0.116. The second-order valence-electron chi connectivity index (χ2n) is 4.37. The first kappa shape index (κ1) is 13.9. The Bertz CT molecular complexity index is 576. The van der Waals surface area contributed by atoms with Gasteiger partial charge in [0.2, 0.25) is 5.91 Å². The average molecular weight is 287 g/mol. The summed E-state index contributed by atoms with van der Waals surface area (Å²) in [5.74, 6) is -1.04. The summed E-state index contributed by atoms with van der Waals surface area (Å²) in [5, 5.41) is 5.36. The summed E-state index contributed by atoms with van der Waals surface area (Å²) in [6.45, 7) is 0.337. The van der Waals surface area contributed by atoms with Gasteiger partial charge in [-0.3, -0.25) is 9.78 Å². The van der Waals surface area contributed by atoms with E-state index in [1.165, 1.54) is 12.3 Å². The number of aromatic nitrogens is 1. The number of carbonyl (C=O) groups excluding carboxylic acids is 1. The van der Waals surface area contributed by atoms with Crippen LogP contribution >= 0.6 is 0 Å². The summed E-state index contributed by atoms with van der Waals surface area (Å²) >= 11 is 0. The number of halogens is 1. The smallest absolute Gasteiger partial charge is 0.226 e. The third kappa shape index (κ3) is 3.97. The fraction of sp³-hybridized carbons (Fsp3) is 0.455. The number of pyridine rings is 1. The Morgan fingerprint density at radius 1 is 1.58 bits per heavy atom. The maximum absolute atomic E-state index is 13.3. The summed E-state index contributed by atoms with van der Waals surface area (Å²) in [6.07, 6.45) is 2.35. The van der Waals surface area contributed by atoms with Crippen LogP contribution in [0.15, 0.2) is 18.5 Å². The van der Waals surface area contributed by atoms with Gasteiger partial charge < -0.3 is 10.6 Å². The first-order valence-electron chi connectivity index (χ1n) is 5.79. The number of sulfone groups is 1. The van der Waals surface area contributed by atoms with E-state index in [0.717, 1.165) is 6.20 Å². The normalized spacial score (nSPS) is 21.8. The summed E-state index contributed by atoms with van der Waals surface area (Å²) in [4.78, 5) is 15.3. The monoisotopic (exact) mass is 287 g/mol. The molecule has 2 rings (SSSR count). The molecule has 104 valence electrons. The van der Waals surface area contributed by atoms with Crippen molar-refractivity contribution in [2.45, 2.75) is 12.5 Å². The molecule has 0 saturated carbocycles. The van der Waals surface area contributed by atoms with Gasteiger partial charge in [0.25, 0.3) is 0 Å². The molecule has 1 aliphatic heterocycles. The van der Waals surface area contributed by atoms with Crippen molar-refractivity contribution in [2.24, 2.45) is 0 Å². The SMILES string of the molecule is O=C(CC1CS(=O)(=O)CCN1)Nc1ccncc1F. The van der Waals surface area contributed by atoms with E-state index in [1.54, 1.807) is 0 Å². The van der Waals surface area contributed by atoms with Crippen LogP contribution in [0.3, 0.4) is 0 Å². The van der Waals surface area contributed by atoms with E-state index in [0.29, 0.717) is 6.54 Å². The Labute approximate surface area is 110 Å². The quantitative estimate of drug-likeness (QED) is 0.813. The predicted molar refractivity (Wildman–Crippen MR) is 67.9 cm³/mol. The fourth-order valence-corrected chi connectivity index (χ4v) is 3.34. The molecule has 0 aromatic carbocycles. The van der Waals surface area contributed by atoms with Gasteiger partial charge in [-0.15, -0.1) is 0 Å². The van der Waals surface area contributed by atoms with Gasteiger partial charge in [-0.2, -0.15) is 0 Å². The molecule has 1 aliphatic rings. The third-order valence-electron chi connectivity index (χ3n) is 2.78. The summed E-state index contributed by atoms with van der Waals surface area (Å²) in [5.41, 5.74) is 0.0404. The van der Waals surface area contributed by atoms with E-state index in [-0.39, 0.29) is 23.6 Å². The predicted octanol–water partition coefficient (Wildman–Crippen LogP) is -0.0641. The van der Waals surface area contributed by atoms with E-state index in [4.69, 9.17) is 0 Å². The van der Waals surface area contributed by atoms with E-state index < -0.39 is 27.6 Å². The van der Waals surface area contributed by atoms with Crippen molar-refractivity contribution in [3.63, 3.8) is 0 Å². The van der Waals surface area contributed by atoms with Crippen LogP contribution in [0, 0.1) is 5.82 Å². The number of anilines is 1.